The van der Waals surface area contributed by atoms with Crippen molar-refractivity contribution in [1.29, 1.82) is 0 Å². The zero-order chi connectivity index (χ0) is 32.3. The topological polar surface area (TPSA) is 62.8 Å². The predicted molar refractivity (Wildman–Crippen MR) is 201 cm³/mol. The lowest BCUT2D eigenvalue weighted by atomic mass is 9.95. The van der Waals surface area contributed by atoms with Gasteiger partial charge in [-0.15, -0.1) is 0 Å². The highest BCUT2D eigenvalue weighted by atomic mass is 16.3. The van der Waals surface area contributed by atoms with Crippen LogP contribution in [0, 0.1) is 0 Å². The molecule has 0 saturated carbocycles. The van der Waals surface area contributed by atoms with E-state index < -0.39 is 0 Å². The van der Waals surface area contributed by atoms with Gasteiger partial charge in [-0.3, -0.25) is 4.98 Å². The number of aromatic nitrogens is 1. The van der Waals surface area contributed by atoms with Crippen LogP contribution in [0.25, 0.3) is 65.4 Å². The van der Waals surface area contributed by atoms with Gasteiger partial charge in [0.05, 0.1) is 0 Å². The van der Waals surface area contributed by atoms with Gasteiger partial charge in [0, 0.05) is 34.3 Å². The number of hydrogen-bond donors (Lipinski definition) is 1. The van der Waals surface area contributed by atoms with Gasteiger partial charge in [0.25, 0.3) is 0 Å². The molecule has 49 heavy (non-hydrogen) atoms. The van der Waals surface area contributed by atoms with E-state index in [9.17, 15) is 0 Å². The fraction of sp³-hybridized carbons (Fsp3) is 0.0227. The van der Waals surface area contributed by atoms with Crippen molar-refractivity contribution >= 4 is 65.9 Å². The molecule has 0 bridgehead atoms. The van der Waals surface area contributed by atoms with Crippen LogP contribution in [0.5, 0.6) is 0 Å². The highest BCUT2D eigenvalue weighted by molar-refractivity contribution is 6.19. The Morgan fingerprint density at radius 1 is 0.531 bits per heavy atom. The molecular weight excluding hydrogens is 601 g/mol. The Balaban J connectivity index is 1.11. The van der Waals surface area contributed by atoms with Crippen molar-refractivity contribution in [3.63, 3.8) is 0 Å². The average molecular weight is 629 g/mol. The average Bonchev–Trinajstić information content (AvgIpc) is 3.56. The summed E-state index contributed by atoms with van der Waals surface area (Å²) >= 11 is 0. The Morgan fingerprint density at radius 2 is 1.24 bits per heavy atom. The van der Waals surface area contributed by atoms with Crippen molar-refractivity contribution in [3.8, 4) is 11.1 Å². The summed E-state index contributed by atoms with van der Waals surface area (Å²) in [5, 5.41) is 12.8. The van der Waals surface area contributed by atoms with Crippen LogP contribution in [0.15, 0.2) is 172 Å². The van der Waals surface area contributed by atoms with Gasteiger partial charge in [-0.25, -0.2) is 9.98 Å². The van der Waals surface area contributed by atoms with Gasteiger partial charge in [-0.05, 0) is 79.3 Å². The second kappa shape index (κ2) is 11.0. The quantitative estimate of drug-likeness (QED) is 0.211. The molecule has 1 N–H and O–H groups in total. The molecule has 1 unspecified atom stereocenters. The predicted octanol–water partition coefficient (Wildman–Crippen LogP) is 10.6. The molecule has 0 fully saturated rings. The molecule has 230 valence electrons. The first-order valence-corrected chi connectivity index (χ1v) is 16.4. The smallest absolute Gasteiger partial charge is 0.159 e. The van der Waals surface area contributed by atoms with E-state index in [1.165, 1.54) is 16.2 Å². The summed E-state index contributed by atoms with van der Waals surface area (Å²) in [7, 11) is 0. The van der Waals surface area contributed by atoms with E-state index in [2.05, 4.69) is 144 Å². The molecule has 1 aliphatic rings. The number of furan rings is 1. The zero-order valence-electron chi connectivity index (χ0n) is 26.3. The van der Waals surface area contributed by atoms with E-state index in [0.717, 1.165) is 71.8 Å². The van der Waals surface area contributed by atoms with Crippen LogP contribution in [0.1, 0.15) is 22.9 Å². The summed E-state index contributed by atoms with van der Waals surface area (Å²) in [6, 6.07) is 51.1. The van der Waals surface area contributed by atoms with Gasteiger partial charge in [-0.2, -0.15) is 0 Å². The summed E-state index contributed by atoms with van der Waals surface area (Å²) in [4.78, 5) is 14.8. The molecule has 0 spiro atoms. The number of benzene rings is 7. The summed E-state index contributed by atoms with van der Waals surface area (Å²) in [5.74, 6) is 1.50. The van der Waals surface area contributed by atoms with Gasteiger partial charge < -0.3 is 9.73 Å². The molecule has 10 rings (SSSR count). The lowest BCUT2D eigenvalue weighted by molar-refractivity contribution is 0.668. The monoisotopic (exact) mass is 628 g/mol. The van der Waals surface area contributed by atoms with Crippen LogP contribution < -0.4 is 5.32 Å². The van der Waals surface area contributed by atoms with E-state index in [1.54, 1.807) is 6.20 Å². The molecule has 0 saturated heterocycles. The lowest BCUT2D eigenvalue weighted by Crippen LogP contribution is -2.33. The van der Waals surface area contributed by atoms with E-state index >= 15 is 0 Å². The van der Waals surface area contributed by atoms with Crippen molar-refractivity contribution < 1.29 is 4.42 Å². The zero-order valence-corrected chi connectivity index (χ0v) is 26.3. The molecule has 0 radical (unpaired) electrons. The van der Waals surface area contributed by atoms with Crippen LogP contribution >= 0.6 is 0 Å². The number of hydrogen-bond acceptors (Lipinski definition) is 5. The Labute approximate surface area is 281 Å². The van der Waals surface area contributed by atoms with Crippen LogP contribution in [-0.4, -0.2) is 16.7 Å². The molecule has 5 heteroatoms. The summed E-state index contributed by atoms with van der Waals surface area (Å²) in [5.41, 5.74) is 7.03. The molecule has 1 aliphatic heterocycles. The summed E-state index contributed by atoms with van der Waals surface area (Å²) in [6.07, 6.45) is 3.34. The van der Waals surface area contributed by atoms with Gasteiger partial charge in [0.2, 0.25) is 0 Å². The van der Waals surface area contributed by atoms with Crippen molar-refractivity contribution in [2.75, 3.05) is 0 Å². The van der Waals surface area contributed by atoms with Gasteiger partial charge in [-0.1, -0.05) is 115 Å². The highest BCUT2D eigenvalue weighted by Crippen LogP contribution is 2.38. The highest BCUT2D eigenvalue weighted by Gasteiger charge is 2.23. The molecule has 1 atom stereocenters. The molecular formula is C44H28N4O. The van der Waals surface area contributed by atoms with Crippen LogP contribution in [-0.2, 0) is 0 Å². The third-order valence-electron chi connectivity index (χ3n) is 9.58. The number of amidine groups is 2. The van der Waals surface area contributed by atoms with Gasteiger partial charge >= 0.3 is 0 Å². The number of nitrogens with zero attached hydrogens (tertiary/aromatic N) is 3. The maximum absolute atomic E-state index is 6.17. The summed E-state index contributed by atoms with van der Waals surface area (Å²) in [6.45, 7) is 0. The van der Waals surface area contributed by atoms with E-state index in [4.69, 9.17) is 14.4 Å². The SMILES string of the molecule is c1ccc2cc(C3=NC(c4ccc5ccccc5c4)NC(c4cccc5cc(-c6cccc7oc8ccncc8c67)ccc45)=N3)ccc2c1. The maximum Gasteiger partial charge on any atom is 0.159 e. The standard InChI is InChI=1S/C44H28N4O/c1-3-9-29-23-33(17-15-27(29)7-1)42-46-43(34-18-16-28-8-2-4-10-30(28)24-34)48-44(47-42)37-13-5-11-31-25-32(19-20-35(31)37)36-12-6-14-40-41(36)38-26-45-22-21-39(38)49-40/h1-26,42H,(H,46,47,48). The third kappa shape index (κ3) is 4.67. The molecule has 7 aromatic carbocycles. The number of pyridine rings is 1. The lowest BCUT2D eigenvalue weighted by Gasteiger charge is -2.25. The minimum absolute atomic E-state index is 0.311. The Morgan fingerprint density at radius 3 is 2.12 bits per heavy atom. The molecule has 9 aromatic rings. The second-order valence-corrected chi connectivity index (χ2v) is 12.5. The molecule has 5 nitrogen and oxygen atoms in total. The van der Waals surface area contributed by atoms with Crippen molar-refractivity contribution in [1.82, 2.24) is 10.3 Å². The minimum Gasteiger partial charge on any atom is -0.456 e. The minimum atomic E-state index is -0.311. The van der Waals surface area contributed by atoms with Crippen LogP contribution in [0.4, 0.5) is 0 Å². The van der Waals surface area contributed by atoms with Crippen LogP contribution in [0.3, 0.4) is 0 Å². The number of rotatable bonds is 4. The maximum atomic E-state index is 6.17. The largest absolute Gasteiger partial charge is 0.456 e. The number of aliphatic imine (C=N–C) groups is 2. The normalized spacial score (nSPS) is 14.7. The fourth-order valence-electron chi connectivity index (χ4n) is 7.16. The first kappa shape index (κ1) is 27.5. The molecule has 0 aliphatic carbocycles. The molecule has 2 aromatic heterocycles. The summed E-state index contributed by atoms with van der Waals surface area (Å²) < 4.78 is 6.17. The third-order valence-corrected chi connectivity index (χ3v) is 9.58. The first-order chi connectivity index (χ1) is 24.2. The fourth-order valence-corrected chi connectivity index (χ4v) is 7.16. The van der Waals surface area contributed by atoms with E-state index in [0.29, 0.717) is 5.84 Å². The van der Waals surface area contributed by atoms with E-state index in [-0.39, 0.29) is 6.17 Å². The Hall–Kier alpha value is -6.59. The molecule has 3 heterocycles. The van der Waals surface area contributed by atoms with Crippen molar-refractivity contribution in [3.05, 3.63) is 175 Å². The van der Waals surface area contributed by atoms with Crippen molar-refractivity contribution in [2.45, 2.75) is 6.17 Å². The van der Waals surface area contributed by atoms with Gasteiger partial charge in [0.1, 0.15) is 23.2 Å². The number of fused-ring (bicyclic) bond motifs is 6. The van der Waals surface area contributed by atoms with Crippen LogP contribution in [0.2, 0.25) is 0 Å². The van der Waals surface area contributed by atoms with E-state index in [1.807, 2.05) is 18.3 Å². The second-order valence-electron chi connectivity index (χ2n) is 12.5. The Kier molecular flexibility index (Phi) is 6.18. The first-order valence-electron chi connectivity index (χ1n) is 16.4. The molecule has 0 amide bonds. The van der Waals surface area contributed by atoms with Gasteiger partial charge in [0.15, 0.2) is 5.84 Å². The Bertz CT molecular complexity index is 2830. The van der Waals surface area contributed by atoms with Crippen molar-refractivity contribution in [2.24, 2.45) is 9.98 Å². The number of nitrogens with one attached hydrogen (secondary N) is 1.